The van der Waals surface area contributed by atoms with Crippen molar-refractivity contribution in [3.05, 3.63) is 24.3 Å². The first-order valence-corrected chi connectivity index (χ1v) is 8.93. The highest BCUT2D eigenvalue weighted by Crippen LogP contribution is 2.34. The van der Waals surface area contributed by atoms with Crippen LogP contribution in [0.15, 0.2) is 24.3 Å². The summed E-state index contributed by atoms with van der Waals surface area (Å²) in [6.45, 7) is 9.13. The van der Waals surface area contributed by atoms with Gasteiger partial charge in [0.25, 0.3) is 5.91 Å². The van der Waals surface area contributed by atoms with E-state index in [2.05, 4.69) is 0 Å². The Hall–Kier alpha value is -2.44. The number of para-hydroxylation sites is 2. The van der Waals surface area contributed by atoms with Gasteiger partial charge < -0.3 is 24.0 Å². The maximum atomic E-state index is 12.9. The summed E-state index contributed by atoms with van der Waals surface area (Å²) in [6, 6.07) is 7.33. The number of piperazine rings is 1. The van der Waals surface area contributed by atoms with Crippen LogP contribution >= 0.6 is 0 Å². The molecule has 142 valence electrons. The van der Waals surface area contributed by atoms with Crippen LogP contribution < -0.4 is 9.47 Å². The fraction of sp³-hybridized carbons (Fsp3) is 0.579. The third-order valence-electron chi connectivity index (χ3n) is 4.33. The van der Waals surface area contributed by atoms with E-state index >= 15 is 0 Å². The van der Waals surface area contributed by atoms with E-state index < -0.39 is 11.7 Å². The minimum Gasteiger partial charge on any atom is -0.482 e. The molecule has 2 amide bonds. The average Bonchev–Trinajstić information content (AvgIpc) is 2.59. The number of carbonyl (C=O) groups excluding carboxylic acids is 2. The Labute approximate surface area is 153 Å². The highest BCUT2D eigenvalue weighted by atomic mass is 16.6. The molecular formula is C19H26N2O5. The highest BCUT2D eigenvalue weighted by molar-refractivity contribution is 5.83. The first-order chi connectivity index (χ1) is 12.2. The Morgan fingerprint density at radius 1 is 1.00 bits per heavy atom. The average molecular weight is 362 g/mol. The Morgan fingerprint density at radius 2 is 1.54 bits per heavy atom. The number of hydrogen-bond acceptors (Lipinski definition) is 5. The third-order valence-corrected chi connectivity index (χ3v) is 4.33. The van der Waals surface area contributed by atoms with Crippen molar-refractivity contribution >= 4 is 12.0 Å². The van der Waals surface area contributed by atoms with Crippen LogP contribution in [-0.2, 0) is 9.53 Å². The van der Waals surface area contributed by atoms with E-state index in [0.29, 0.717) is 37.7 Å². The van der Waals surface area contributed by atoms with Crippen LogP contribution in [0.5, 0.6) is 11.5 Å². The van der Waals surface area contributed by atoms with E-state index in [4.69, 9.17) is 14.2 Å². The van der Waals surface area contributed by atoms with Crippen molar-refractivity contribution in [1.29, 1.82) is 0 Å². The lowest BCUT2D eigenvalue weighted by atomic mass is 10.1. The SMILES string of the molecule is C[C@@H]1Oc2ccccc2O[C@@H]1C(=O)N1CCN(C(=O)OC(C)(C)C)CC1. The Kier molecular flexibility index (Phi) is 4.98. The van der Waals surface area contributed by atoms with Gasteiger partial charge in [0.05, 0.1) is 0 Å². The monoisotopic (exact) mass is 362 g/mol. The fourth-order valence-corrected chi connectivity index (χ4v) is 3.01. The summed E-state index contributed by atoms with van der Waals surface area (Å²) in [7, 11) is 0. The maximum absolute atomic E-state index is 12.9. The summed E-state index contributed by atoms with van der Waals surface area (Å²) in [5.41, 5.74) is -0.528. The third kappa shape index (κ3) is 4.03. The van der Waals surface area contributed by atoms with Crippen molar-refractivity contribution in [3.63, 3.8) is 0 Å². The number of rotatable bonds is 1. The zero-order valence-corrected chi connectivity index (χ0v) is 15.7. The van der Waals surface area contributed by atoms with E-state index in [1.54, 1.807) is 15.9 Å². The molecule has 0 saturated carbocycles. The van der Waals surface area contributed by atoms with E-state index in [-0.39, 0.29) is 18.1 Å². The minimum atomic E-state index is -0.682. The molecule has 2 aliphatic rings. The first kappa shape index (κ1) is 18.4. The predicted molar refractivity (Wildman–Crippen MR) is 95.3 cm³/mol. The minimum absolute atomic E-state index is 0.115. The van der Waals surface area contributed by atoms with Gasteiger partial charge in [0.2, 0.25) is 6.10 Å². The zero-order chi connectivity index (χ0) is 18.9. The molecule has 0 aliphatic carbocycles. The molecule has 7 heteroatoms. The van der Waals surface area contributed by atoms with Gasteiger partial charge in [-0.15, -0.1) is 0 Å². The molecule has 2 heterocycles. The first-order valence-electron chi connectivity index (χ1n) is 8.93. The van der Waals surface area contributed by atoms with Gasteiger partial charge in [-0.3, -0.25) is 4.79 Å². The molecule has 3 rings (SSSR count). The number of hydrogen-bond donors (Lipinski definition) is 0. The fourth-order valence-electron chi connectivity index (χ4n) is 3.01. The molecule has 0 aromatic heterocycles. The second kappa shape index (κ2) is 7.05. The second-order valence-corrected chi connectivity index (χ2v) is 7.60. The molecule has 1 saturated heterocycles. The molecule has 2 atom stereocenters. The molecule has 2 aliphatic heterocycles. The van der Waals surface area contributed by atoms with Crippen molar-refractivity contribution in [3.8, 4) is 11.5 Å². The van der Waals surface area contributed by atoms with Crippen LogP contribution in [0.4, 0.5) is 4.79 Å². The molecule has 1 fully saturated rings. The summed E-state index contributed by atoms with van der Waals surface area (Å²) in [4.78, 5) is 28.4. The summed E-state index contributed by atoms with van der Waals surface area (Å²) >= 11 is 0. The molecule has 0 radical (unpaired) electrons. The molecule has 26 heavy (non-hydrogen) atoms. The van der Waals surface area contributed by atoms with Gasteiger partial charge in [-0.25, -0.2) is 4.79 Å². The second-order valence-electron chi connectivity index (χ2n) is 7.60. The number of carbonyl (C=O) groups is 2. The van der Waals surface area contributed by atoms with Crippen LogP contribution in [0, 0.1) is 0 Å². The normalized spacial score (nSPS) is 22.8. The highest BCUT2D eigenvalue weighted by Gasteiger charge is 2.38. The van der Waals surface area contributed by atoms with Crippen LogP contribution in [0.25, 0.3) is 0 Å². The molecule has 0 bridgehead atoms. The van der Waals surface area contributed by atoms with Crippen LogP contribution in [0.3, 0.4) is 0 Å². The number of nitrogens with zero attached hydrogens (tertiary/aromatic N) is 2. The number of fused-ring (bicyclic) bond motifs is 1. The van der Waals surface area contributed by atoms with Gasteiger partial charge in [-0.05, 0) is 39.8 Å². The van der Waals surface area contributed by atoms with Crippen molar-refractivity contribution in [1.82, 2.24) is 9.80 Å². The molecule has 1 aromatic rings. The molecule has 0 N–H and O–H groups in total. The van der Waals surface area contributed by atoms with Crippen LogP contribution in [-0.4, -0.2) is 65.8 Å². The van der Waals surface area contributed by atoms with E-state index in [1.165, 1.54) is 0 Å². The lowest BCUT2D eigenvalue weighted by Gasteiger charge is -2.39. The Bertz CT molecular complexity index is 677. The van der Waals surface area contributed by atoms with E-state index in [9.17, 15) is 9.59 Å². The largest absolute Gasteiger partial charge is 0.482 e. The topological polar surface area (TPSA) is 68.3 Å². The van der Waals surface area contributed by atoms with Gasteiger partial charge in [-0.2, -0.15) is 0 Å². The quantitative estimate of drug-likeness (QED) is 0.767. The van der Waals surface area contributed by atoms with Crippen LogP contribution in [0.2, 0.25) is 0 Å². The van der Waals surface area contributed by atoms with Crippen molar-refractivity contribution in [2.75, 3.05) is 26.2 Å². The lowest BCUT2D eigenvalue weighted by Crippen LogP contribution is -2.57. The predicted octanol–water partition coefficient (Wildman–Crippen LogP) is 2.29. The van der Waals surface area contributed by atoms with Crippen LogP contribution in [0.1, 0.15) is 27.7 Å². The lowest BCUT2D eigenvalue weighted by molar-refractivity contribution is -0.146. The molecule has 1 aromatic carbocycles. The molecule has 0 spiro atoms. The van der Waals surface area contributed by atoms with Gasteiger partial charge in [0.1, 0.15) is 11.7 Å². The Balaban J connectivity index is 1.58. The molecule has 0 unspecified atom stereocenters. The number of amides is 2. The maximum Gasteiger partial charge on any atom is 0.410 e. The molecule has 7 nitrogen and oxygen atoms in total. The van der Waals surface area contributed by atoms with Crippen molar-refractivity contribution in [2.24, 2.45) is 0 Å². The van der Waals surface area contributed by atoms with Gasteiger partial charge in [0, 0.05) is 26.2 Å². The smallest absolute Gasteiger partial charge is 0.410 e. The van der Waals surface area contributed by atoms with Gasteiger partial charge in [0.15, 0.2) is 11.5 Å². The van der Waals surface area contributed by atoms with Gasteiger partial charge >= 0.3 is 6.09 Å². The summed E-state index contributed by atoms with van der Waals surface area (Å²) in [5.74, 6) is 1.12. The summed E-state index contributed by atoms with van der Waals surface area (Å²) < 4.78 is 17.1. The Morgan fingerprint density at radius 3 is 2.12 bits per heavy atom. The summed E-state index contributed by atoms with van der Waals surface area (Å²) in [6.07, 6.45) is -1.40. The summed E-state index contributed by atoms with van der Waals surface area (Å²) in [5, 5.41) is 0. The molecular weight excluding hydrogens is 336 g/mol. The van der Waals surface area contributed by atoms with E-state index in [0.717, 1.165) is 0 Å². The standard InChI is InChI=1S/C19H26N2O5/c1-13-16(25-15-8-6-5-7-14(15)24-13)17(22)20-9-11-21(12-10-20)18(23)26-19(2,3)4/h5-8,13,16H,9-12H2,1-4H3/t13-,16-/m0/s1. The zero-order valence-electron chi connectivity index (χ0n) is 15.7. The van der Waals surface area contributed by atoms with Gasteiger partial charge in [-0.1, -0.05) is 12.1 Å². The van der Waals surface area contributed by atoms with Crippen molar-refractivity contribution in [2.45, 2.75) is 45.5 Å². The van der Waals surface area contributed by atoms with E-state index in [1.807, 2.05) is 45.9 Å². The number of benzene rings is 1. The van der Waals surface area contributed by atoms with Crippen molar-refractivity contribution < 1.29 is 23.8 Å². The number of ether oxygens (including phenoxy) is 3.